The fourth-order valence-corrected chi connectivity index (χ4v) is 4.48. The lowest BCUT2D eigenvalue weighted by Crippen LogP contribution is -2.49. The van der Waals surface area contributed by atoms with Gasteiger partial charge in [-0.15, -0.1) is 0 Å². The summed E-state index contributed by atoms with van der Waals surface area (Å²) >= 11 is 0. The van der Waals surface area contributed by atoms with Crippen LogP contribution in [-0.2, 0) is 9.59 Å². The van der Waals surface area contributed by atoms with E-state index in [1.807, 2.05) is 25.7 Å². The Morgan fingerprint density at radius 3 is 2.35 bits per heavy atom. The molecule has 2 aliphatic rings. The van der Waals surface area contributed by atoms with Gasteiger partial charge >= 0.3 is 0 Å². The Bertz CT molecular complexity index is 476. The Morgan fingerprint density at radius 1 is 1.08 bits per heavy atom. The standard InChI is InChI=1S/C21H39N3O2/c1-16-12-17(2)14-23(13-16)10-7-9-22-19(25)18-8-6-11-24(15-18)20(26)21(3,4)5/h16-18H,6-15H2,1-5H3,(H,22,25). The van der Waals surface area contributed by atoms with Crippen LogP contribution in [0.3, 0.4) is 0 Å². The average molecular weight is 366 g/mol. The van der Waals surface area contributed by atoms with Gasteiger partial charge in [-0.25, -0.2) is 0 Å². The van der Waals surface area contributed by atoms with Crippen LogP contribution in [0.1, 0.15) is 60.3 Å². The van der Waals surface area contributed by atoms with Crippen molar-refractivity contribution < 1.29 is 9.59 Å². The predicted molar refractivity (Wildman–Crippen MR) is 106 cm³/mol. The van der Waals surface area contributed by atoms with Gasteiger partial charge in [-0.05, 0) is 44.1 Å². The average Bonchev–Trinajstić information content (AvgIpc) is 2.56. The van der Waals surface area contributed by atoms with Crippen molar-refractivity contribution in [2.45, 2.75) is 60.3 Å². The van der Waals surface area contributed by atoms with E-state index in [4.69, 9.17) is 0 Å². The number of carbonyl (C=O) groups excluding carboxylic acids is 2. The number of nitrogens with zero attached hydrogens (tertiary/aromatic N) is 2. The van der Waals surface area contributed by atoms with Crippen molar-refractivity contribution >= 4 is 11.8 Å². The zero-order valence-electron chi connectivity index (χ0n) is 17.5. The maximum absolute atomic E-state index is 12.5. The van der Waals surface area contributed by atoms with Gasteiger partial charge in [0.15, 0.2) is 0 Å². The molecule has 2 rings (SSSR count). The summed E-state index contributed by atoms with van der Waals surface area (Å²) < 4.78 is 0. The first-order valence-electron chi connectivity index (χ1n) is 10.5. The molecule has 2 fully saturated rings. The quantitative estimate of drug-likeness (QED) is 0.762. The summed E-state index contributed by atoms with van der Waals surface area (Å²) in [6, 6.07) is 0. The summed E-state index contributed by atoms with van der Waals surface area (Å²) in [6.45, 7) is 16.0. The molecular weight excluding hydrogens is 326 g/mol. The van der Waals surface area contributed by atoms with Gasteiger partial charge in [0, 0.05) is 38.1 Å². The molecule has 2 saturated heterocycles. The number of hydrogen-bond acceptors (Lipinski definition) is 3. The molecule has 0 aromatic carbocycles. The van der Waals surface area contributed by atoms with Gasteiger partial charge in [-0.1, -0.05) is 34.6 Å². The summed E-state index contributed by atoms with van der Waals surface area (Å²) in [7, 11) is 0. The molecule has 3 atom stereocenters. The van der Waals surface area contributed by atoms with E-state index >= 15 is 0 Å². The fraction of sp³-hybridized carbons (Fsp3) is 0.905. The molecular formula is C21H39N3O2. The molecule has 26 heavy (non-hydrogen) atoms. The second kappa shape index (κ2) is 9.20. The van der Waals surface area contributed by atoms with Crippen molar-refractivity contribution in [3.63, 3.8) is 0 Å². The van der Waals surface area contributed by atoms with Gasteiger partial charge in [0.1, 0.15) is 0 Å². The van der Waals surface area contributed by atoms with E-state index in [1.54, 1.807) is 0 Å². The molecule has 0 bridgehead atoms. The smallest absolute Gasteiger partial charge is 0.227 e. The highest BCUT2D eigenvalue weighted by atomic mass is 16.2. The van der Waals surface area contributed by atoms with Crippen LogP contribution in [0.4, 0.5) is 0 Å². The van der Waals surface area contributed by atoms with Crippen LogP contribution in [0.2, 0.25) is 0 Å². The summed E-state index contributed by atoms with van der Waals surface area (Å²) in [4.78, 5) is 29.4. The molecule has 0 aliphatic carbocycles. The summed E-state index contributed by atoms with van der Waals surface area (Å²) in [5.74, 6) is 1.79. The Labute approximate surface area is 159 Å². The van der Waals surface area contributed by atoms with E-state index in [9.17, 15) is 9.59 Å². The molecule has 5 nitrogen and oxygen atoms in total. The van der Waals surface area contributed by atoms with Crippen LogP contribution < -0.4 is 5.32 Å². The Kier molecular flexibility index (Phi) is 7.51. The third-order valence-electron chi connectivity index (χ3n) is 5.62. The highest BCUT2D eigenvalue weighted by molar-refractivity contribution is 5.83. The third kappa shape index (κ3) is 6.26. The first kappa shape index (κ1) is 21.2. The summed E-state index contributed by atoms with van der Waals surface area (Å²) in [5.41, 5.74) is -0.374. The van der Waals surface area contributed by atoms with Crippen LogP contribution in [-0.4, -0.2) is 60.9 Å². The SMILES string of the molecule is CC1CC(C)CN(CCCNC(=O)C2CCCN(C(=O)C(C)(C)C)C2)C1. The van der Waals surface area contributed by atoms with Crippen molar-refractivity contribution in [2.24, 2.45) is 23.2 Å². The topological polar surface area (TPSA) is 52.7 Å². The van der Waals surface area contributed by atoms with Crippen LogP contribution >= 0.6 is 0 Å². The van der Waals surface area contributed by atoms with E-state index in [-0.39, 0.29) is 23.1 Å². The number of rotatable bonds is 5. The molecule has 5 heteroatoms. The first-order valence-corrected chi connectivity index (χ1v) is 10.5. The normalized spacial score (nSPS) is 28.0. The molecule has 2 amide bonds. The summed E-state index contributed by atoms with van der Waals surface area (Å²) in [5, 5.41) is 3.11. The monoisotopic (exact) mass is 365 g/mol. The van der Waals surface area contributed by atoms with Crippen LogP contribution in [0.15, 0.2) is 0 Å². The number of hydrogen-bond donors (Lipinski definition) is 1. The highest BCUT2D eigenvalue weighted by Gasteiger charge is 2.33. The molecule has 3 unspecified atom stereocenters. The van der Waals surface area contributed by atoms with E-state index < -0.39 is 0 Å². The van der Waals surface area contributed by atoms with Gasteiger partial charge < -0.3 is 15.1 Å². The van der Waals surface area contributed by atoms with Crippen LogP contribution in [0.25, 0.3) is 0 Å². The minimum absolute atomic E-state index is 0.0509. The maximum Gasteiger partial charge on any atom is 0.227 e. The Balaban J connectivity index is 1.70. The van der Waals surface area contributed by atoms with Gasteiger partial charge in [0.2, 0.25) is 11.8 Å². The van der Waals surface area contributed by atoms with Crippen molar-refractivity contribution in [3.8, 4) is 0 Å². The van der Waals surface area contributed by atoms with Crippen molar-refractivity contribution in [1.29, 1.82) is 0 Å². The number of amides is 2. The minimum Gasteiger partial charge on any atom is -0.356 e. The zero-order chi connectivity index (χ0) is 19.3. The van der Waals surface area contributed by atoms with E-state index in [0.29, 0.717) is 6.54 Å². The first-order chi connectivity index (χ1) is 12.2. The molecule has 0 saturated carbocycles. The molecule has 1 N–H and O–H groups in total. The number of likely N-dealkylation sites (tertiary alicyclic amines) is 2. The lowest BCUT2D eigenvalue weighted by Gasteiger charge is -2.36. The molecule has 2 heterocycles. The number of carbonyl (C=O) groups is 2. The van der Waals surface area contributed by atoms with E-state index in [0.717, 1.165) is 50.7 Å². The van der Waals surface area contributed by atoms with Crippen molar-refractivity contribution in [3.05, 3.63) is 0 Å². The maximum atomic E-state index is 12.5. The third-order valence-corrected chi connectivity index (χ3v) is 5.62. The molecule has 0 spiro atoms. The number of nitrogens with one attached hydrogen (secondary N) is 1. The second-order valence-electron chi connectivity index (χ2n) is 9.69. The Morgan fingerprint density at radius 2 is 1.73 bits per heavy atom. The zero-order valence-corrected chi connectivity index (χ0v) is 17.5. The molecule has 0 aromatic rings. The molecule has 150 valence electrons. The highest BCUT2D eigenvalue weighted by Crippen LogP contribution is 2.24. The van der Waals surface area contributed by atoms with E-state index in [1.165, 1.54) is 19.5 Å². The Hall–Kier alpha value is -1.10. The predicted octanol–water partition coefficient (Wildman–Crippen LogP) is 2.76. The largest absolute Gasteiger partial charge is 0.356 e. The van der Waals surface area contributed by atoms with Crippen molar-refractivity contribution in [2.75, 3.05) is 39.3 Å². The van der Waals surface area contributed by atoms with Gasteiger partial charge in [0.25, 0.3) is 0 Å². The van der Waals surface area contributed by atoms with Gasteiger partial charge in [0.05, 0.1) is 5.92 Å². The minimum atomic E-state index is -0.374. The summed E-state index contributed by atoms with van der Waals surface area (Å²) in [6.07, 6.45) is 4.14. The lowest BCUT2D eigenvalue weighted by atomic mass is 9.91. The van der Waals surface area contributed by atoms with Crippen molar-refractivity contribution in [1.82, 2.24) is 15.1 Å². The van der Waals surface area contributed by atoms with Crippen LogP contribution in [0, 0.1) is 23.2 Å². The number of piperidine rings is 2. The second-order valence-corrected chi connectivity index (χ2v) is 9.69. The lowest BCUT2D eigenvalue weighted by molar-refractivity contribution is -0.142. The molecule has 2 aliphatic heterocycles. The molecule has 0 aromatic heterocycles. The fourth-order valence-electron chi connectivity index (χ4n) is 4.48. The van der Waals surface area contributed by atoms with Gasteiger partial charge in [-0.2, -0.15) is 0 Å². The van der Waals surface area contributed by atoms with Gasteiger partial charge in [-0.3, -0.25) is 9.59 Å². The molecule has 0 radical (unpaired) electrons. The van der Waals surface area contributed by atoms with E-state index in [2.05, 4.69) is 24.1 Å². The van der Waals surface area contributed by atoms with Crippen LogP contribution in [0.5, 0.6) is 0 Å².